The highest BCUT2D eigenvalue weighted by Gasteiger charge is 2.27. The number of hydrogen-bond donors (Lipinski definition) is 1. The fraction of sp³-hybridized carbons (Fsp3) is 0.600. The average molecular weight is 194 g/mol. The van der Waals surface area contributed by atoms with Crippen molar-refractivity contribution in [3.63, 3.8) is 0 Å². The third kappa shape index (κ3) is 1.64. The molecule has 1 unspecified atom stereocenters. The Kier molecular flexibility index (Phi) is 2.27. The molecule has 1 heterocycles. The molecule has 0 radical (unpaired) electrons. The van der Waals surface area contributed by atoms with E-state index in [1.54, 1.807) is 10.9 Å². The van der Waals surface area contributed by atoms with Crippen LogP contribution in [0.15, 0.2) is 12.3 Å². The molecule has 0 spiro atoms. The van der Waals surface area contributed by atoms with Gasteiger partial charge in [0.2, 0.25) is 0 Å². The molecule has 0 aliphatic heterocycles. The third-order valence-electron chi connectivity index (χ3n) is 2.62. The molecule has 1 N–H and O–H groups in total. The predicted molar refractivity (Wildman–Crippen MR) is 51.2 cm³/mol. The maximum absolute atomic E-state index is 10.9. The van der Waals surface area contributed by atoms with Gasteiger partial charge in [-0.2, -0.15) is 5.10 Å². The summed E-state index contributed by atoms with van der Waals surface area (Å²) in [6.45, 7) is 1.86. The highest BCUT2D eigenvalue weighted by Crippen LogP contribution is 2.39. The van der Waals surface area contributed by atoms with Crippen molar-refractivity contribution in [2.75, 3.05) is 0 Å². The van der Waals surface area contributed by atoms with Gasteiger partial charge in [0.15, 0.2) is 0 Å². The molecule has 0 aromatic carbocycles. The molecule has 1 fully saturated rings. The minimum atomic E-state index is -0.807. The Morgan fingerprint density at radius 2 is 2.50 bits per heavy atom. The van der Waals surface area contributed by atoms with Gasteiger partial charge in [-0.3, -0.25) is 4.68 Å². The Bertz CT molecular complexity index is 342. The van der Waals surface area contributed by atoms with Gasteiger partial charge in [-0.1, -0.05) is 6.92 Å². The third-order valence-corrected chi connectivity index (χ3v) is 2.62. The summed E-state index contributed by atoms with van der Waals surface area (Å²) in [5.41, 5.74) is 1.05. The average Bonchev–Trinajstić information content (AvgIpc) is 2.88. The number of carboxylic acids is 1. The fourth-order valence-corrected chi connectivity index (χ4v) is 1.60. The van der Waals surface area contributed by atoms with Gasteiger partial charge in [0.1, 0.15) is 6.04 Å². The molecule has 1 aliphatic carbocycles. The Hall–Kier alpha value is -1.32. The van der Waals surface area contributed by atoms with Gasteiger partial charge in [0.05, 0.1) is 5.69 Å². The first-order valence-electron chi connectivity index (χ1n) is 5.00. The van der Waals surface area contributed by atoms with Crippen LogP contribution in [-0.2, 0) is 4.79 Å². The van der Waals surface area contributed by atoms with Crippen LogP contribution in [0.4, 0.5) is 0 Å². The van der Waals surface area contributed by atoms with Crippen molar-refractivity contribution < 1.29 is 9.90 Å². The smallest absolute Gasteiger partial charge is 0.328 e. The summed E-state index contributed by atoms with van der Waals surface area (Å²) >= 11 is 0. The van der Waals surface area contributed by atoms with Crippen molar-refractivity contribution in [3.05, 3.63) is 18.0 Å². The number of aromatic nitrogens is 2. The quantitative estimate of drug-likeness (QED) is 0.795. The standard InChI is InChI=1S/C10H14N2O2/c1-2-9(10(13)14)12-6-5-8(11-12)7-3-4-7/h5-7,9H,2-4H2,1H3,(H,13,14). The van der Waals surface area contributed by atoms with Crippen LogP contribution in [0, 0.1) is 0 Å². The lowest BCUT2D eigenvalue weighted by molar-refractivity contribution is -0.141. The number of rotatable bonds is 4. The van der Waals surface area contributed by atoms with E-state index in [-0.39, 0.29) is 0 Å². The second kappa shape index (κ2) is 3.44. The summed E-state index contributed by atoms with van der Waals surface area (Å²) in [6.07, 6.45) is 4.73. The molecule has 4 nitrogen and oxygen atoms in total. The first kappa shape index (κ1) is 9.24. The van der Waals surface area contributed by atoms with E-state index >= 15 is 0 Å². The van der Waals surface area contributed by atoms with Gasteiger partial charge in [-0.25, -0.2) is 4.79 Å². The van der Waals surface area contributed by atoms with Crippen LogP contribution in [0.5, 0.6) is 0 Å². The first-order valence-corrected chi connectivity index (χ1v) is 5.00. The van der Waals surface area contributed by atoms with Crippen LogP contribution in [0.3, 0.4) is 0 Å². The number of nitrogens with zero attached hydrogens (tertiary/aromatic N) is 2. The molecule has 1 saturated carbocycles. The van der Waals surface area contributed by atoms with E-state index in [0.717, 1.165) is 5.69 Å². The van der Waals surface area contributed by atoms with Crippen LogP contribution in [0.1, 0.15) is 43.8 Å². The summed E-state index contributed by atoms with van der Waals surface area (Å²) in [7, 11) is 0. The molecule has 0 saturated heterocycles. The minimum absolute atomic E-state index is 0.512. The van der Waals surface area contributed by atoms with Gasteiger partial charge in [-0.15, -0.1) is 0 Å². The minimum Gasteiger partial charge on any atom is -0.480 e. The van der Waals surface area contributed by atoms with E-state index in [0.29, 0.717) is 12.3 Å². The van der Waals surface area contributed by atoms with Crippen LogP contribution in [-0.4, -0.2) is 20.9 Å². The lowest BCUT2D eigenvalue weighted by Gasteiger charge is -2.09. The second-order valence-corrected chi connectivity index (χ2v) is 3.76. The fourth-order valence-electron chi connectivity index (χ4n) is 1.60. The normalized spacial score (nSPS) is 18.1. The SMILES string of the molecule is CCC(C(=O)O)n1ccc(C2CC2)n1. The van der Waals surface area contributed by atoms with Crippen LogP contribution in [0.2, 0.25) is 0 Å². The van der Waals surface area contributed by atoms with Gasteiger partial charge in [0, 0.05) is 12.1 Å². The lowest BCUT2D eigenvalue weighted by Crippen LogP contribution is -2.18. The van der Waals surface area contributed by atoms with Crippen LogP contribution >= 0.6 is 0 Å². The maximum atomic E-state index is 10.9. The molecule has 1 atom stereocenters. The molecule has 1 aromatic rings. The van der Waals surface area contributed by atoms with Crippen molar-refractivity contribution in [2.24, 2.45) is 0 Å². The molecule has 1 aliphatic rings. The topological polar surface area (TPSA) is 55.1 Å². The van der Waals surface area contributed by atoms with Crippen LogP contribution < -0.4 is 0 Å². The first-order chi connectivity index (χ1) is 6.72. The monoisotopic (exact) mass is 194 g/mol. The summed E-state index contributed by atoms with van der Waals surface area (Å²) in [5, 5.41) is 13.2. The van der Waals surface area contributed by atoms with Crippen molar-refractivity contribution >= 4 is 5.97 Å². The van der Waals surface area contributed by atoms with Gasteiger partial charge < -0.3 is 5.11 Å². The summed E-state index contributed by atoms with van der Waals surface area (Å²) in [4.78, 5) is 10.9. The molecule has 0 amide bonds. The molecular weight excluding hydrogens is 180 g/mol. The highest BCUT2D eigenvalue weighted by atomic mass is 16.4. The number of hydrogen-bond acceptors (Lipinski definition) is 2. The van der Waals surface area contributed by atoms with E-state index in [9.17, 15) is 4.79 Å². The van der Waals surface area contributed by atoms with Crippen molar-refractivity contribution in [1.82, 2.24) is 9.78 Å². The number of carboxylic acid groups (broad SMARTS) is 1. The van der Waals surface area contributed by atoms with E-state index in [1.165, 1.54) is 12.8 Å². The summed E-state index contributed by atoms with van der Waals surface area (Å²) < 4.78 is 1.57. The van der Waals surface area contributed by atoms with Crippen LogP contribution in [0.25, 0.3) is 0 Å². The van der Waals surface area contributed by atoms with E-state index in [4.69, 9.17) is 5.11 Å². The zero-order valence-electron chi connectivity index (χ0n) is 8.18. The van der Waals surface area contributed by atoms with E-state index in [1.807, 2.05) is 13.0 Å². The molecule has 4 heteroatoms. The number of carbonyl (C=O) groups is 1. The Labute approximate surface area is 82.5 Å². The van der Waals surface area contributed by atoms with Crippen molar-refractivity contribution in [1.29, 1.82) is 0 Å². The molecule has 14 heavy (non-hydrogen) atoms. The summed E-state index contributed by atoms with van der Waals surface area (Å²) in [6, 6.07) is 1.42. The number of aliphatic carboxylic acids is 1. The Morgan fingerprint density at radius 3 is 3.00 bits per heavy atom. The second-order valence-electron chi connectivity index (χ2n) is 3.76. The zero-order valence-corrected chi connectivity index (χ0v) is 8.18. The molecule has 0 bridgehead atoms. The van der Waals surface area contributed by atoms with Gasteiger partial charge >= 0.3 is 5.97 Å². The van der Waals surface area contributed by atoms with Gasteiger partial charge in [-0.05, 0) is 25.3 Å². The predicted octanol–water partition coefficient (Wildman–Crippen LogP) is 1.80. The van der Waals surface area contributed by atoms with Crippen molar-refractivity contribution in [2.45, 2.75) is 38.1 Å². The van der Waals surface area contributed by atoms with E-state index in [2.05, 4.69) is 5.10 Å². The molecular formula is C10H14N2O2. The Morgan fingerprint density at radius 1 is 1.79 bits per heavy atom. The Balaban J connectivity index is 2.17. The van der Waals surface area contributed by atoms with E-state index < -0.39 is 12.0 Å². The lowest BCUT2D eigenvalue weighted by atomic mass is 10.2. The highest BCUT2D eigenvalue weighted by molar-refractivity contribution is 5.71. The molecule has 2 rings (SSSR count). The molecule has 1 aromatic heterocycles. The largest absolute Gasteiger partial charge is 0.480 e. The summed E-state index contributed by atoms with van der Waals surface area (Å²) in [5.74, 6) is -0.222. The maximum Gasteiger partial charge on any atom is 0.328 e. The van der Waals surface area contributed by atoms with Crippen molar-refractivity contribution in [3.8, 4) is 0 Å². The zero-order chi connectivity index (χ0) is 10.1. The molecule has 76 valence electrons. The van der Waals surface area contributed by atoms with Gasteiger partial charge in [0.25, 0.3) is 0 Å².